The number of carbonyl (C=O) groups excluding carboxylic acids is 1. The van der Waals surface area contributed by atoms with Crippen LogP contribution in [0.25, 0.3) is 0 Å². The van der Waals surface area contributed by atoms with Crippen LogP contribution < -0.4 is 0 Å². The summed E-state index contributed by atoms with van der Waals surface area (Å²) in [7, 11) is 3.53. The largest absolute Gasteiger partial charge is 0.393 e. The summed E-state index contributed by atoms with van der Waals surface area (Å²) in [5, 5.41) is 9.70. The molecule has 21 heavy (non-hydrogen) atoms. The van der Waals surface area contributed by atoms with Gasteiger partial charge in [-0.25, -0.2) is 0 Å². The number of hydrogen-bond acceptors (Lipinski definition) is 4. The first-order valence-corrected chi connectivity index (χ1v) is 8.16. The third kappa shape index (κ3) is 4.73. The van der Waals surface area contributed by atoms with Crippen molar-refractivity contribution in [1.82, 2.24) is 9.80 Å². The third-order valence-corrected chi connectivity index (χ3v) is 4.90. The van der Waals surface area contributed by atoms with E-state index in [0.717, 1.165) is 31.0 Å². The minimum atomic E-state index is -0.227. The molecule has 1 aromatic rings. The Morgan fingerprint density at radius 1 is 1.52 bits per heavy atom. The van der Waals surface area contributed by atoms with Gasteiger partial charge >= 0.3 is 0 Å². The van der Waals surface area contributed by atoms with Crippen molar-refractivity contribution in [3.63, 3.8) is 0 Å². The van der Waals surface area contributed by atoms with Gasteiger partial charge in [0.1, 0.15) is 0 Å². The monoisotopic (exact) mass is 308 g/mol. The average Bonchev–Trinajstić information content (AvgIpc) is 2.87. The van der Waals surface area contributed by atoms with Crippen LogP contribution in [0.2, 0.25) is 0 Å². The zero-order valence-corrected chi connectivity index (χ0v) is 13.8. The van der Waals surface area contributed by atoms with E-state index in [1.807, 2.05) is 19.1 Å². The second kappa shape index (κ2) is 7.29. The van der Waals surface area contributed by atoms with Gasteiger partial charge < -0.3 is 10.0 Å². The molecule has 1 heterocycles. The highest BCUT2D eigenvalue weighted by atomic mass is 32.2. The van der Waals surface area contributed by atoms with Gasteiger partial charge in [-0.1, -0.05) is 12.1 Å². The summed E-state index contributed by atoms with van der Waals surface area (Å²) in [6, 6.07) is 8.16. The minimum absolute atomic E-state index is 0.0440. The fourth-order valence-electron chi connectivity index (χ4n) is 2.56. The summed E-state index contributed by atoms with van der Waals surface area (Å²) < 4.78 is 0. The standard InChI is InChI=1S/C16H24N2O2S/c1-12(19)14-7-8-18(11-14)10-13-5-4-6-15(9-13)21-16(20)17(2)3/h4-6,9,12,14,19H,7-8,10-11H2,1-3H3. The van der Waals surface area contributed by atoms with Crippen LogP contribution in [-0.2, 0) is 6.54 Å². The van der Waals surface area contributed by atoms with Gasteiger partial charge in [-0.05, 0) is 55.3 Å². The van der Waals surface area contributed by atoms with E-state index in [4.69, 9.17) is 0 Å². The van der Waals surface area contributed by atoms with Crippen molar-refractivity contribution in [2.45, 2.75) is 30.9 Å². The van der Waals surface area contributed by atoms with Gasteiger partial charge in [0.05, 0.1) is 6.10 Å². The summed E-state index contributed by atoms with van der Waals surface area (Å²) in [6.07, 6.45) is 0.834. The fourth-order valence-corrected chi connectivity index (χ4v) is 3.30. The number of carbonyl (C=O) groups is 1. The number of amides is 1. The van der Waals surface area contributed by atoms with Crippen molar-refractivity contribution in [2.24, 2.45) is 5.92 Å². The van der Waals surface area contributed by atoms with E-state index in [2.05, 4.69) is 17.0 Å². The molecular weight excluding hydrogens is 284 g/mol. The molecule has 0 aliphatic carbocycles. The number of nitrogens with zero attached hydrogens (tertiary/aromatic N) is 2. The summed E-state index contributed by atoms with van der Waals surface area (Å²) in [5.74, 6) is 0.387. The second-order valence-corrected chi connectivity index (χ2v) is 6.96. The van der Waals surface area contributed by atoms with Gasteiger partial charge in [-0.15, -0.1) is 0 Å². The normalized spacial score (nSPS) is 20.5. The Balaban J connectivity index is 1.94. The molecule has 1 amide bonds. The van der Waals surface area contributed by atoms with Crippen molar-refractivity contribution in [1.29, 1.82) is 0 Å². The molecule has 2 atom stereocenters. The van der Waals surface area contributed by atoms with Crippen LogP contribution in [0.15, 0.2) is 29.2 Å². The molecular formula is C16H24N2O2S. The second-order valence-electron chi connectivity index (χ2n) is 5.93. The summed E-state index contributed by atoms with van der Waals surface area (Å²) in [5.41, 5.74) is 1.22. The molecule has 0 aromatic heterocycles. The van der Waals surface area contributed by atoms with Gasteiger partial charge in [0.25, 0.3) is 5.24 Å². The first-order chi connectivity index (χ1) is 9.95. The summed E-state index contributed by atoms with van der Waals surface area (Å²) in [6.45, 7) is 4.74. The maximum absolute atomic E-state index is 11.7. The Morgan fingerprint density at radius 3 is 2.90 bits per heavy atom. The highest BCUT2D eigenvalue weighted by Gasteiger charge is 2.25. The average molecular weight is 308 g/mol. The molecule has 116 valence electrons. The smallest absolute Gasteiger partial charge is 0.285 e. The number of hydrogen-bond donors (Lipinski definition) is 1. The lowest BCUT2D eigenvalue weighted by Crippen LogP contribution is -2.24. The van der Waals surface area contributed by atoms with Crippen molar-refractivity contribution in [3.05, 3.63) is 29.8 Å². The molecule has 2 rings (SSSR count). The molecule has 1 aromatic carbocycles. The lowest BCUT2D eigenvalue weighted by molar-refractivity contribution is 0.127. The van der Waals surface area contributed by atoms with Crippen molar-refractivity contribution >= 4 is 17.0 Å². The number of aliphatic hydroxyl groups excluding tert-OH is 1. The number of aliphatic hydroxyl groups is 1. The number of thioether (sulfide) groups is 1. The Labute approximate surface area is 131 Å². The Hall–Kier alpha value is -1.04. The molecule has 1 fully saturated rings. The first-order valence-electron chi connectivity index (χ1n) is 7.34. The van der Waals surface area contributed by atoms with Crippen LogP contribution in [0.3, 0.4) is 0 Å². The maximum Gasteiger partial charge on any atom is 0.285 e. The zero-order valence-electron chi connectivity index (χ0n) is 13.0. The lowest BCUT2D eigenvalue weighted by atomic mass is 10.0. The van der Waals surface area contributed by atoms with E-state index >= 15 is 0 Å². The van der Waals surface area contributed by atoms with Crippen LogP contribution in [-0.4, -0.2) is 53.4 Å². The Kier molecular flexibility index (Phi) is 5.67. The zero-order chi connectivity index (χ0) is 15.4. The number of benzene rings is 1. The van der Waals surface area contributed by atoms with Crippen molar-refractivity contribution in [3.8, 4) is 0 Å². The van der Waals surface area contributed by atoms with Gasteiger partial charge in [-0.3, -0.25) is 9.69 Å². The molecule has 1 saturated heterocycles. The molecule has 1 aliphatic heterocycles. The lowest BCUT2D eigenvalue weighted by Gasteiger charge is -2.18. The van der Waals surface area contributed by atoms with Crippen LogP contribution in [0, 0.1) is 5.92 Å². The minimum Gasteiger partial charge on any atom is -0.393 e. The third-order valence-electron chi connectivity index (χ3n) is 3.87. The molecule has 0 bridgehead atoms. The Bertz CT molecular complexity index is 491. The van der Waals surface area contributed by atoms with Crippen LogP contribution >= 0.6 is 11.8 Å². The first kappa shape index (κ1) is 16.3. The van der Waals surface area contributed by atoms with Gasteiger partial charge in [-0.2, -0.15) is 0 Å². The molecule has 5 heteroatoms. The predicted octanol–water partition coefficient (Wildman–Crippen LogP) is 2.66. The van der Waals surface area contributed by atoms with E-state index < -0.39 is 0 Å². The van der Waals surface area contributed by atoms with Crippen LogP contribution in [0.5, 0.6) is 0 Å². The van der Waals surface area contributed by atoms with Crippen LogP contribution in [0.4, 0.5) is 4.79 Å². The molecule has 2 unspecified atom stereocenters. The van der Waals surface area contributed by atoms with Gasteiger partial charge in [0.15, 0.2) is 0 Å². The molecule has 0 radical (unpaired) electrons. The van der Waals surface area contributed by atoms with E-state index in [0.29, 0.717) is 5.92 Å². The number of likely N-dealkylation sites (tertiary alicyclic amines) is 1. The predicted molar refractivity (Wildman–Crippen MR) is 86.4 cm³/mol. The number of rotatable bonds is 4. The maximum atomic E-state index is 11.7. The van der Waals surface area contributed by atoms with Gasteiger partial charge in [0, 0.05) is 32.1 Å². The molecule has 0 saturated carbocycles. The topological polar surface area (TPSA) is 43.8 Å². The molecule has 0 spiro atoms. The fraction of sp³-hybridized carbons (Fsp3) is 0.562. The van der Waals surface area contributed by atoms with E-state index in [-0.39, 0.29) is 11.3 Å². The van der Waals surface area contributed by atoms with E-state index in [9.17, 15) is 9.90 Å². The SMILES string of the molecule is CC(O)C1CCN(Cc2cccc(SC(=O)N(C)C)c2)C1. The molecule has 1 N–H and O–H groups in total. The Morgan fingerprint density at radius 2 is 2.29 bits per heavy atom. The highest BCUT2D eigenvalue weighted by molar-refractivity contribution is 8.13. The van der Waals surface area contributed by atoms with Crippen molar-refractivity contribution < 1.29 is 9.90 Å². The van der Waals surface area contributed by atoms with E-state index in [1.54, 1.807) is 19.0 Å². The quantitative estimate of drug-likeness (QED) is 0.869. The highest BCUT2D eigenvalue weighted by Crippen LogP contribution is 2.25. The van der Waals surface area contributed by atoms with Crippen LogP contribution in [0.1, 0.15) is 18.9 Å². The summed E-state index contributed by atoms with van der Waals surface area (Å²) >= 11 is 1.26. The van der Waals surface area contributed by atoms with Crippen molar-refractivity contribution in [2.75, 3.05) is 27.2 Å². The summed E-state index contributed by atoms with van der Waals surface area (Å²) in [4.78, 5) is 16.7. The van der Waals surface area contributed by atoms with Gasteiger partial charge in [0.2, 0.25) is 0 Å². The molecule has 4 nitrogen and oxygen atoms in total. The molecule has 1 aliphatic rings. The van der Waals surface area contributed by atoms with E-state index in [1.165, 1.54) is 17.3 Å².